The van der Waals surface area contributed by atoms with E-state index < -0.39 is 40.7 Å². The van der Waals surface area contributed by atoms with Crippen LogP contribution in [-0.4, -0.2) is 31.1 Å². The Balaban J connectivity index is 0.00000264. The maximum absolute atomic E-state index is 14.1. The van der Waals surface area contributed by atoms with Crippen LogP contribution in [-0.2, 0) is 0 Å². The molecule has 0 aliphatic carbocycles. The van der Waals surface area contributed by atoms with Crippen molar-refractivity contribution in [1.82, 2.24) is 10.2 Å². The van der Waals surface area contributed by atoms with Gasteiger partial charge in [0.25, 0.3) is 0 Å². The Hall–Kier alpha value is -0.920. The molecule has 1 saturated heterocycles. The molecule has 1 aromatic rings. The number of hydrogen-bond donors (Lipinski definition) is 1. The maximum atomic E-state index is 14.1. The normalized spacial score (nSPS) is 17.0. The van der Waals surface area contributed by atoms with Gasteiger partial charge in [-0.1, -0.05) is 19.8 Å². The van der Waals surface area contributed by atoms with Gasteiger partial charge in [0.1, 0.15) is 0 Å². The van der Waals surface area contributed by atoms with Crippen molar-refractivity contribution in [2.45, 2.75) is 32.2 Å². The first kappa shape index (κ1) is 20.1. The largest absolute Gasteiger partial charge is 0.314 e. The van der Waals surface area contributed by atoms with Gasteiger partial charge in [-0.25, -0.2) is 22.0 Å². The predicted molar refractivity (Wildman–Crippen MR) is 80.2 cm³/mol. The Labute approximate surface area is 138 Å². The van der Waals surface area contributed by atoms with Gasteiger partial charge in [-0.05, 0) is 6.42 Å². The minimum atomic E-state index is -2.10. The SMILES string of the molecule is CCCC[C@@H](c1c(F)c(F)c(F)c(F)c1F)N1CCNCC1.Cl. The molecule has 0 bridgehead atoms. The molecule has 0 radical (unpaired) electrons. The molecule has 1 atom stereocenters. The van der Waals surface area contributed by atoms with Crippen molar-refractivity contribution in [1.29, 1.82) is 0 Å². The second-order valence-corrected chi connectivity index (χ2v) is 5.43. The zero-order chi connectivity index (χ0) is 16.3. The first-order valence-electron chi connectivity index (χ1n) is 7.45. The number of nitrogens with one attached hydrogen (secondary N) is 1. The van der Waals surface area contributed by atoms with Crippen molar-refractivity contribution in [3.05, 3.63) is 34.6 Å². The molecule has 0 aromatic heterocycles. The third kappa shape index (κ3) is 4.14. The number of benzene rings is 1. The van der Waals surface area contributed by atoms with E-state index in [0.717, 1.165) is 6.42 Å². The molecule has 8 heteroatoms. The summed E-state index contributed by atoms with van der Waals surface area (Å²) in [5, 5.41) is 3.10. The smallest absolute Gasteiger partial charge is 0.200 e. The molecule has 23 heavy (non-hydrogen) atoms. The quantitative estimate of drug-likeness (QED) is 0.487. The first-order valence-corrected chi connectivity index (χ1v) is 7.45. The molecule has 1 N–H and O–H groups in total. The highest BCUT2D eigenvalue weighted by molar-refractivity contribution is 5.85. The third-order valence-electron chi connectivity index (χ3n) is 4.00. The van der Waals surface area contributed by atoms with Crippen LogP contribution >= 0.6 is 12.4 Å². The van der Waals surface area contributed by atoms with E-state index in [9.17, 15) is 22.0 Å². The zero-order valence-electron chi connectivity index (χ0n) is 12.8. The van der Waals surface area contributed by atoms with Gasteiger partial charge in [0.05, 0.1) is 0 Å². The topological polar surface area (TPSA) is 15.3 Å². The van der Waals surface area contributed by atoms with Crippen molar-refractivity contribution in [3.63, 3.8) is 0 Å². The van der Waals surface area contributed by atoms with Crippen molar-refractivity contribution < 1.29 is 22.0 Å². The standard InChI is InChI=1S/C15H19F5N2.ClH/c1-2-3-4-9(22-7-5-21-6-8-22)10-11(16)13(18)15(20)14(19)12(10)17;/h9,21H,2-8H2,1H3;1H/t9-;/m0./s1. The van der Waals surface area contributed by atoms with E-state index in [0.29, 0.717) is 39.0 Å². The lowest BCUT2D eigenvalue weighted by Gasteiger charge is -2.35. The lowest BCUT2D eigenvalue weighted by molar-refractivity contribution is 0.154. The van der Waals surface area contributed by atoms with Gasteiger partial charge in [-0.15, -0.1) is 12.4 Å². The van der Waals surface area contributed by atoms with Crippen LogP contribution in [0.5, 0.6) is 0 Å². The van der Waals surface area contributed by atoms with E-state index in [1.165, 1.54) is 0 Å². The Morgan fingerprint density at radius 1 is 0.913 bits per heavy atom. The van der Waals surface area contributed by atoms with Crippen LogP contribution in [0.4, 0.5) is 22.0 Å². The van der Waals surface area contributed by atoms with Crippen molar-refractivity contribution in [2.24, 2.45) is 0 Å². The molecule has 2 nitrogen and oxygen atoms in total. The second kappa shape index (κ2) is 8.80. The molecule has 1 heterocycles. The van der Waals surface area contributed by atoms with E-state index in [1.807, 2.05) is 6.92 Å². The minimum Gasteiger partial charge on any atom is -0.314 e. The first-order chi connectivity index (χ1) is 10.5. The molecule has 1 fully saturated rings. The van der Waals surface area contributed by atoms with Crippen LogP contribution in [0, 0.1) is 29.1 Å². The Morgan fingerprint density at radius 3 is 1.87 bits per heavy atom. The fraction of sp³-hybridized carbons (Fsp3) is 0.600. The number of unbranched alkanes of at least 4 members (excludes halogenated alkanes) is 1. The number of rotatable bonds is 5. The molecular formula is C15H20ClF5N2. The van der Waals surface area contributed by atoms with Crippen LogP contribution in [0.3, 0.4) is 0 Å². The van der Waals surface area contributed by atoms with Crippen LogP contribution < -0.4 is 5.32 Å². The number of piperazine rings is 1. The van der Waals surface area contributed by atoms with Crippen LogP contribution in [0.25, 0.3) is 0 Å². The average Bonchev–Trinajstić information content (AvgIpc) is 2.55. The summed E-state index contributed by atoms with van der Waals surface area (Å²) in [6.07, 6.45) is 1.78. The second-order valence-electron chi connectivity index (χ2n) is 5.43. The van der Waals surface area contributed by atoms with E-state index >= 15 is 0 Å². The Bertz CT molecular complexity index is 506. The van der Waals surface area contributed by atoms with Gasteiger partial charge in [-0.3, -0.25) is 4.90 Å². The summed E-state index contributed by atoms with van der Waals surface area (Å²) in [7, 11) is 0. The molecule has 0 unspecified atom stereocenters. The van der Waals surface area contributed by atoms with Crippen molar-refractivity contribution in [2.75, 3.05) is 26.2 Å². The van der Waals surface area contributed by atoms with Crippen molar-refractivity contribution in [3.8, 4) is 0 Å². The summed E-state index contributed by atoms with van der Waals surface area (Å²) >= 11 is 0. The summed E-state index contributed by atoms with van der Waals surface area (Å²) in [6.45, 7) is 4.17. The Kier molecular flexibility index (Phi) is 7.70. The highest BCUT2D eigenvalue weighted by atomic mass is 35.5. The number of hydrogen-bond acceptors (Lipinski definition) is 2. The third-order valence-corrected chi connectivity index (χ3v) is 4.00. The maximum Gasteiger partial charge on any atom is 0.200 e. The molecule has 1 aromatic carbocycles. The van der Waals surface area contributed by atoms with Crippen LogP contribution in [0.1, 0.15) is 37.8 Å². The number of nitrogens with zero attached hydrogens (tertiary/aromatic N) is 1. The molecule has 0 amide bonds. The van der Waals surface area contributed by atoms with Gasteiger partial charge in [0.15, 0.2) is 23.3 Å². The predicted octanol–water partition coefficient (Wildman–Crippen LogP) is 3.94. The highest BCUT2D eigenvalue weighted by Crippen LogP contribution is 2.34. The van der Waals surface area contributed by atoms with Crippen LogP contribution in [0.2, 0.25) is 0 Å². The molecule has 0 spiro atoms. The van der Waals surface area contributed by atoms with Crippen LogP contribution in [0.15, 0.2) is 0 Å². The summed E-state index contributed by atoms with van der Waals surface area (Å²) in [6, 6.07) is -0.799. The molecule has 1 aliphatic rings. The molecule has 2 rings (SSSR count). The molecular weight excluding hydrogens is 339 g/mol. The van der Waals surface area contributed by atoms with E-state index in [-0.39, 0.29) is 12.4 Å². The fourth-order valence-corrected chi connectivity index (χ4v) is 2.82. The van der Waals surface area contributed by atoms with E-state index in [2.05, 4.69) is 5.32 Å². The minimum absolute atomic E-state index is 0. The fourth-order valence-electron chi connectivity index (χ4n) is 2.82. The lowest BCUT2D eigenvalue weighted by atomic mass is 9.97. The summed E-state index contributed by atoms with van der Waals surface area (Å²) in [5.41, 5.74) is -0.702. The molecule has 1 aliphatic heterocycles. The monoisotopic (exact) mass is 358 g/mol. The van der Waals surface area contributed by atoms with Crippen molar-refractivity contribution >= 4 is 12.4 Å². The van der Waals surface area contributed by atoms with Gasteiger partial charge in [-0.2, -0.15) is 0 Å². The summed E-state index contributed by atoms with van der Waals surface area (Å²) < 4.78 is 68.3. The highest BCUT2D eigenvalue weighted by Gasteiger charge is 2.33. The van der Waals surface area contributed by atoms with Gasteiger partial charge >= 0.3 is 0 Å². The number of halogens is 6. The summed E-state index contributed by atoms with van der Waals surface area (Å²) in [5.74, 6) is -9.27. The van der Waals surface area contributed by atoms with E-state index in [1.54, 1.807) is 4.90 Å². The Morgan fingerprint density at radius 2 is 1.39 bits per heavy atom. The van der Waals surface area contributed by atoms with Gasteiger partial charge < -0.3 is 5.32 Å². The zero-order valence-corrected chi connectivity index (χ0v) is 13.6. The van der Waals surface area contributed by atoms with E-state index in [4.69, 9.17) is 0 Å². The molecule has 132 valence electrons. The van der Waals surface area contributed by atoms with Gasteiger partial charge in [0.2, 0.25) is 5.82 Å². The molecule has 0 saturated carbocycles. The average molecular weight is 359 g/mol. The lowest BCUT2D eigenvalue weighted by Crippen LogP contribution is -2.45. The summed E-state index contributed by atoms with van der Waals surface area (Å²) in [4.78, 5) is 1.78. The van der Waals surface area contributed by atoms with Gasteiger partial charge in [0, 0.05) is 37.8 Å².